The van der Waals surface area contributed by atoms with Crippen LogP contribution in [-0.4, -0.2) is 35.0 Å². The molecule has 0 aliphatic rings. The van der Waals surface area contributed by atoms with Crippen LogP contribution in [0.3, 0.4) is 0 Å². The van der Waals surface area contributed by atoms with Gasteiger partial charge in [0.1, 0.15) is 0 Å². The predicted octanol–water partition coefficient (Wildman–Crippen LogP) is 13.6. The Morgan fingerprint density at radius 1 is 0.638 bits per heavy atom. The molecule has 0 aliphatic heterocycles. The number of rotatable bonds is 6. The zero-order valence-corrected chi connectivity index (χ0v) is 37.4. The van der Waals surface area contributed by atoms with E-state index >= 15 is 0 Å². The molecule has 0 aliphatic carbocycles. The van der Waals surface area contributed by atoms with E-state index in [1.807, 2.05) is 18.2 Å². The molecule has 0 N–H and O–H groups in total. The summed E-state index contributed by atoms with van der Waals surface area (Å²) in [6, 6.07) is 58.6. The van der Waals surface area contributed by atoms with Crippen molar-refractivity contribution in [2.75, 3.05) is 0 Å². The van der Waals surface area contributed by atoms with E-state index in [1.165, 1.54) is 68.4 Å². The van der Waals surface area contributed by atoms with Gasteiger partial charge in [-0.1, -0.05) is 12.1 Å². The van der Waals surface area contributed by atoms with Gasteiger partial charge in [0.2, 0.25) is 0 Å². The Bertz CT molecular complexity index is 2990. The first kappa shape index (κ1) is 39.6. The third-order valence-corrected chi connectivity index (χ3v) is 14.2. The van der Waals surface area contributed by atoms with Crippen molar-refractivity contribution in [1.29, 1.82) is 0 Å². The molecule has 0 atom stereocenters. The van der Waals surface area contributed by atoms with Crippen LogP contribution < -0.4 is 0 Å². The van der Waals surface area contributed by atoms with Gasteiger partial charge in [-0.3, -0.25) is 4.39 Å². The molecule has 10 rings (SSSR count). The first-order chi connectivity index (χ1) is 27.9. The van der Waals surface area contributed by atoms with Gasteiger partial charge in [0.25, 0.3) is 0 Å². The second kappa shape index (κ2) is 16.9. The molecule has 0 fully saturated rings. The molecular formula is C52H40FIrN3Te-2. The first-order valence-electron chi connectivity index (χ1n) is 19.4. The summed E-state index contributed by atoms with van der Waals surface area (Å²) in [6.45, 7) is 9.27. The van der Waals surface area contributed by atoms with E-state index in [2.05, 4.69) is 165 Å². The monoisotopic (exact) mass is 1050 g/mol. The maximum Gasteiger partial charge on any atom is 0.0379 e. The van der Waals surface area contributed by atoms with Crippen molar-refractivity contribution in [1.82, 2.24) is 14.5 Å². The van der Waals surface area contributed by atoms with Crippen molar-refractivity contribution in [3.63, 3.8) is 0 Å². The van der Waals surface area contributed by atoms with Crippen LogP contribution in [-0.2, 0) is 20.1 Å². The van der Waals surface area contributed by atoms with Crippen LogP contribution in [0.4, 0.5) is 4.39 Å². The molecule has 0 saturated carbocycles. The number of para-hydroxylation sites is 2. The fraction of sp³-hybridized carbons (Fsp3) is 0.115. The number of nitrogens with zero attached hydrogens (tertiary/aromatic N) is 3. The van der Waals surface area contributed by atoms with Gasteiger partial charge >= 0.3 is 270 Å². The number of halogens is 1. The fourth-order valence-electron chi connectivity index (χ4n) is 7.76. The summed E-state index contributed by atoms with van der Waals surface area (Å²) in [5.41, 5.74) is 11.4. The zero-order chi connectivity index (χ0) is 39.0. The Labute approximate surface area is 362 Å². The maximum absolute atomic E-state index is 12.6. The third-order valence-electron chi connectivity index (χ3n) is 10.6. The number of fused-ring (bicyclic) bond motifs is 6. The summed E-state index contributed by atoms with van der Waals surface area (Å²) < 4.78 is 18.0. The summed E-state index contributed by atoms with van der Waals surface area (Å²) in [5.74, 6) is 1.38. The van der Waals surface area contributed by atoms with E-state index in [-0.39, 0.29) is 25.9 Å². The SMILES string of the molecule is CC(C)c1cc(-c2ccccc2)cc(C(C)C)c1-n1c(-c2[c-]ccc3c2[te]c2c4ccccc4ccc32)nc2ccccc21.Fc1c[c-]c(-c2ccccn2)cc1.[Ir]. The molecule has 58 heavy (non-hydrogen) atoms. The molecule has 3 aromatic heterocycles. The van der Waals surface area contributed by atoms with Gasteiger partial charge in [0.15, 0.2) is 0 Å². The number of aromatic nitrogens is 3. The molecule has 3 nitrogen and oxygen atoms in total. The molecule has 0 saturated heterocycles. The van der Waals surface area contributed by atoms with E-state index < -0.39 is 20.4 Å². The molecule has 0 amide bonds. The average molecular weight is 1050 g/mol. The Kier molecular flexibility index (Phi) is 11.6. The Balaban J connectivity index is 0.000000286. The van der Waals surface area contributed by atoms with Gasteiger partial charge in [0.05, 0.1) is 0 Å². The minimum absolute atomic E-state index is 0. The predicted molar refractivity (Wildman–Crippen MR) is 237 cm³/mol. The Morgan fingerprint density at radius 2 is 1.34 bits per heavy atom. The van der Waals surface area contributed by atoms with E-state index in [1.54, 1.807) is 12.3 Å². The van der Waals surface area contributed by atoms with Gasteiger partial charge < -0.3 is 4.98 Å². The average Bonchev–Trinajstić information content (AvgIpc) is 3.83. The number of benzene rings is 7. The van der Waals surface area contributed by atoms with Gasteiger partial charge in [0, 0.05) is 32.1 Å². The standard InChI is InChI=1S/C41H33N2Te.C11H7FN.Ir/c1-25(2)34-23-29(27-13-6-5-7-14-27)24-35(26(3)4)38(34)43-37-20-11-10-19-36(37)42-41(43)33-18-12-17-31-32-22-21-28-15-8-9-16-30(28)39(32)44-40(31)33;12-10-6-4-9(5-7-10)11-3-1-2-8-13-11;/h5-17,19-26H,1-4H3;1-4,6-8H;/q2*-1;. The minimum Gasteiger partial charge on any atom is -0.305 e. The van der Waals surface area contributed by atoms with Gasteiger partial charge in [-0.05, 0) is 11.8 Å². The number of imidazole rings is 1. The molecule has 287 valence electrons. The molecule has 1 radical (unpaired) electrons. The molecule has 0 spiro atoms. The van der Waals surface area contributed by atoms with Gasteiger partial charge in [-0.2, -0.15) is 0 Å². The van der Waals surface area contributed by atoms with Crippen molar-refractivity contribution >= 4 is 59.8 Å². The Morgan fingerprint density at radius 3 is 2.07 bits per heavy atom. The molecule has 0 unspecified atom stereocenters. The number of hydrogen-bond donors (Lipinski definition) is 0. The van der Waals surface area contributed by atoms with Crippen LogP contribution in [0, 0.1) is 17.9 Å². The second-order valence-electron chi connectivity index (χ2n) is 14.9. The van der Waals surface area contributed by atoms with E-state index in [0.29, 0.717) is 11.8 Å². The molecule has 6 heteroatoms. The smallest absolute Gasteiger partial charge is 0.0379 e. The van der Waals surface area contributed by atoms with Crippen molar-refractivity contribution < 1.29 is 24.5 Å². The summed E-state index contributed by atoms with van der Waals surface area (Å²) in [6.07, 6.45) is 1.70. The van der Waals surface area contributed by atoms with Gasteiger partial charge in [-0.25, -0.2) is 0 Å². The van der Waals surface area contributed by atoms with E-state index in [0.717, 1.165) is 33.7 Å². The number of hydrogen-bond acceptors (Lipinski definition) is 2. The van der Waals surface area contributed by atoms with Crippen LogP contribution in [0.15, 0.2) is 158 Å². The van der Waals surface area contributed by atoms with Crippen molar-refractivity contribution in [2.45, 2.75) is 39.5 Å². The van der Waals surface area contributed by atoms with Crippen LogP contribution in [0.1, 0.15) is 50.7 Å². The van der Waals surface area contributed by atoms with Gasteiger partial charge in [-0.15, -0.1) is 29.8 Å². The van der Waals surface area contributed by atoms with Crippen molar-refractivity contribution in [3.05, 3.63) is 187 Å². The molecular weight excluding hydrogens is 1010 g/mol. The van der Waals surface area contributed by atoms with E-state index in [4.69, 9.17) is 4.98 Å². The first-order valence-corrected chi connectivity index (χ1v) is 21.7. The second-order valence-corrected chi connectivity index (χ2v) is 17.8. The molecule has 10 aromatic rings. The Hall–Kier alpha value is -5.21. The van der Waals surface area contributed by atoms with Crippen LogP contribution in [0.5, 0.6) is 0 Å². The fourth-order valence-corrected chi connectivity index (χ4v) is 11.5. The van der Waals surface area contributed by atoms with Crippen LogP contribution in [0.2, 0.25) is 0 Å². The summed E-state index contributed by atoms with van der Waals surface area (Å²) in [4.78, 5) is 9.52. The molecule has 3 heterocycles. The van der Waals surface area contributed by atoms with E-state index in [9.17, 15) is 4.39 Å². The largest absolute Gasteiger partial charge is 0.305 e. The van der Waals surface area contributed by atoms with Crippen molar-refractivity contribution in [3.8, 4) is 39.5 Å². The molecule has 7 aromatic carbocycles. The quantitative estimate of drug-likeness (QED) is 0.123. The van der Waals surface area contributed by atoms with Crippen LogP contribution >= 0.6 is 0 Å². The minimum atomic E-state index is -0.658. The normalized spacial score (nSPS) is 11.4. The third kappa shape index (κ3) is 7.47. The summed E-state index contributed by atoms with van der Waals surface area (Å²) >= 11 is -0.658. The topological polar surface area (TPSA) is 30.7 Å². The van der Waals surface area contributed by atoms with Crippen LogP contribution in [0.25, 0.3) is 78.8 Å². The number of pyridine rings is 1. The van der Waals surface area contributed by atoms with Crippen molar-refractivity contribution in [2.24, 2.45) is 0 Å². The maximum atomic E-state index is 12.6. The molecule has 0 bridgehead atoms. The summed E-state index contributed by atoms with van der Waals surface area (Å²) in [5, 5.41) is 5.46. The zero-order valence-electron chi connectivity index (χ0n) is 32.6. The summed E-state index contributed by atoms with van der Waals surface area (Å²) in [7, 11) is 0.